The molecule has 0 heterocycles. The second-order valence-corrected chi connectivity index (χ2v) is 4.22. The van der Waals surface area contributed by atoms with Gasteiger partial charge in [-0.3, -0.25) is 4.79 Å². The van der Waals surface area contributed by atoms with E-state index in [1.165, 1.54) is 6.21 Å². The summed E-state index contributed by atoms with van der Waals surface area (Å²) >= 11 is 0. The average Bonchev–Trinajstić information content (AvgIpc) is 2.50. The minimum Gasteiger partial charge on any atom is -0.507 e. The molecule has 0 spiro atoms. The number of phenolic OH excluding ortho intramolecular Hbond substituents is 1. The van der Waals surface area contributed by atoms with Crippen LogP contribution in [0.4, 0.5) is 0 Å². The van der Waals surface area contributed by atoms with Crippen molar-refractivity contribution >= 4 is 12.1 Å². The third-order valence-electron chi connectivity index (χ3n) is 2.73. The Kier molecular flexibility index (Phi) is 4.93. The summed E-state index contributed by atoms with van der Waals surface area (Å²) in [5.41, 5.74) is 3.42. The standard InChI is InChI=1S/C16H16N2O3/c1-2-21-14-9-7-12(8-10-14)16(20)18-17-11-13-5-3-4-6-15(13)19/h3-11,19H,2H2,1H3,(H,18,20)/b17-11+. The lowest BCUT2D eigenvalue weighted by Gasteiger charge is -2.04. The molecule has 0 saturated carbocycles. The maximum atomic E-state index is 11.9. The number of nitrogens with one attached hydrogen (secondary N) is 1. The van der Waals surface area contributed by atoms with Crippen LogP contribution in [-0.4, -0.2) is 23.8 Å². The predicted molar refractivity (Wildman–Crippen MR) is 80.8 cm³/mol. The van der Waals surface area contributed by atoms with Gasteiger partial charge in [-0.2, -0.15) is 5.10 Å². The molecule has 0 aliphatic rings. The monoisotopic (exact) mass is 284 g/mol. The molecular formula is C16H16N2O3. The molecule has 108 valence electrons. The highest BCUT2D eigenvalue weighted by atomic mass is 16.5. The van der Waals surface area contributed by atoms with Crippen molar-refractivity contribution in [3.05, 3.63) is 59.7 Å². The topological polar surface area (TPSA) is 70.9 Å². The van der Waals surface area contributed by atoms with Gasteiger partial charge < -0.3 is 9.84 Å². The molecule has 0 unspecified atom stereocenters. The Balaban J connectivity index is 1.97. The van der Waals surface area contributed by atoms with Gasteiger partial charge in [0.2, 0.25) is 0 Å². The summed E-state index contributed by atoms with van der Waals surface area (Å²) in [4.78, 5) is 11.9. The van der Waals surface area contributed by atoms with Crippen molar-refractivity contribution in [2.45, 2.75) is 6.92 Å². The molecule has 0 aliphatic heterocycles. The molecule has 2 rings (SSSR count). The van der Waals surface area contributed by atoms with Crippen molar-refractivity contribution in [1.82, 2.24) is 5.43 Å². The number of hydrazone groups is 1. The fraction of sp³-hybridized carbons (Fsp3) is 0.125. The Morgan fingerprint density at radius 1 is 1.24 bits per heavy atom. The minimum atomic E-state index is -0.329. The number of hydrogen-bond donors (Lipinski definition) is 2. The number of amides is 1. The van der Waals surface area contributed by atoms with Crippen molar-refractivity contribution in [3.8, 4) is 11.5 Å². The van der Waals surface area contributed by atoms with Crippen molar-refractivity contribution < 1.29 is 14.6 Å². The van der Waals surface area contributed by atoms with Gasteiger partial charge in [-0.25, -0.2) is 5.43 Å². The number of ether oxygens (including phenoxy) is 1. The first-order chi connectivity index (χ1) is 10.2. The second kappa shape index (κ2) is 7.09. The van der Waals surface area contributed by atoms with E-state index in [0.717, 1.165) is 0 Å². The van der Waals surface area contributed by atoms with E-state index in [-0.39, 0.29) is 11.7 Å². The molecule has 5 nitrogen and oxygen atoms in total. The van der Waals surface area contributed by atoms with Crippen LogP contribution in [0.15, 0.2) is 53.6 Å². The van der Waals surface area contributed by atoms with Gasteiger partial charge in [-0.15, -0.1) is 0 Å². The molecular weight excluding hydrogens is 268 g/mol. The molecule has 2 aromatic carbocycles. The molecule has 0 fully saturated rings. The van der Waals surface area contributed by atoms with Gasteiger partial charge in [0.15, 0.2) is 0 Å². The summed E-state index contributed by atoms with van der Waals surface area (Å²) in [6.07, 6.45) is 1.39. The fourth-order valence-electron chi connectivity index (χ4n) is 1.69. The third kappa shape index (κ3) is 4.07. The lowest BCUT2D eigenvalue weighted by molar-refractivity contribution is 0.0955. The van der Waals surface area contributed by atoms with E-state index >= 15 is 0 Å². The Hall–Kier alpha value is -2.82. The number of para-hydroxylation sites is 1. The minimum absolute atomic E-state index is 0.108. The van der Waals surface area contributed by atoms with Gasteiger partial charge >= 0.3 is 0 Å². The van der Waals surface area contributed by atoms with Crippen molar-refractivity contribution in [2.75, 3.05) is 6.61 Å². The largest absolute Gasteiger partial charge is 0.507 e. The van der Waals surface area contributed by atoms with Crippen LogP contribution in [0.5, 0.6) is 11.5 Å². The average molecular weight is 284 g/mol. The molecule has 2 aromatic rings. The summed E-state index contributed by atoms with van der Waals surface area (Å²) in [5, 5.41) is 13.4. The van der Waals surface area contributed by atoms with Gasteiger partial charge in [0.1, 0.15) is 11.5 Å². The number of benzene rings is 2. The number of phenols is 1. The Labute approximate surface area is 122 Å². The Morgan fingerprint density at radius 3 is 2.62 bits per heavy atom. The molecule has 21 heavy (non-hydrogen) atoms. The van der Waals surface area contributed by atoms with E-state index < -0.39 is 0 Å². The normalized spacial score (nSPS) is 10.5. The molecule has 0 aromatic heterocycles. The summed E-state index contributed by atoms with van der Waals surface area (Å²) in [7, 11) is 0. The van der Waals surface area contributed by atoms with Crippen LogP contribution >= 0.6 is 0 Å². The van der Waals surface area contributed by atoms with Gasteiger partial charge in [0.25, 0.3) is 5.91 Å². The van der Waals surface area contributed by atoms with E-state index in [1.54, 1.807) is 48.5 Å². The zero-order valence-corrected chi connectivity index (χ0v) is 11.6. The Morgan fingerprint density at radius 2 is 1.95 bits per heavy atom. The number of carbonyl (C=O) groups excluding carboxylic acids is 1. The third-order valence-corrected chi connectivity index (χ3v) is 2.73. The second-order valence-electron chi connectivity index (χ2n) is 4.22. The molecule has 0 radical (unpaired) electrons. The quantitative estimate of drug-likeness (QED) is 0.654. The number of hydrogen-bond acceptors (Lipinski definition) is 4. The predicted octanol–water partition coefficient (Wildman–Crippen LogP) is 2.55. The number of carbonyl (C=O) groups is 1. The molecule has 5 heteroatoms. The van der Waals surface area contributed by atoms with Crippen LogP contribution in [0.3, 0.4) is 0 Å². The van der Waals surface area contributed by atoms with Crippen LogP contribution in [0, 0.1) is 0 Å². The number of rotatable bonds is 5. The van der Waals surface area contributed by atoms with Gasteiger partial charge in [-0.1, -0.05) is 12.1 Å². The van der Waals surface area contributed by atoms with E-state index in [0.29, 0.717) is 23.5 Å². The highest BCUT2D eigenvalue weighted by Gasteiger charge is 2.04. The smallest absolute Gasteiger partial charge is 0.271 e. The number of aromatic hydroxyl groups is 1. The lowest BCUT2D eigenvalue weighted by atomic mass is 10.2. The van der Waals surface area contributed by atoms with E-state index in [9.17, 15) is 9.90 Å². The SMILES string of the molecule is CCOc1ccc(C(=O)N/N=C/c2ccccc2O)cc1. The highest BCUT2D eigenvalue weighted by Crippen LogP contribution is 2.13. The van der Waals surface area contributed by atoms with Crippen LogP contribution in [-0.2, 0) is 0 Å². The first kappa shape index (κ1) is 14.6. The Bertz CT molecular complexity index is 636. The van der Waals surface area contributed by atoms with Crippen LogP contribution in [0.25, 0.3) is 0 Å². The van der Waals surface area contributed by atoms with Gasteiger partial charge in [0.05, 0.1) is 12.8 Å². The summed E-state index contributed by atoms with van der Waals surface area (Å²) in [6.45, 7) is 2.48. The molecule has 0 atom stereocenters. The molecule has 0 saturated heterocycles. The summed E-state index contributed by atoms with van der Waals surface area (Å²) in [5.74, 6) is 0.494. The number of nitrogens with zero attached hydrogens (tertiary/aromatic N) is 1. The van der Waals surface area contributed by atoms with Crippen molar-refractivity contribution in [3.63, 3.8) is 0 Å². The maximum absolute atomic E-state index is 11.9. The zero-order chi connectivity index (χ0) is 15.1. The fourth-order valence-corrected chi connectivity index (χ4v) is 1.69. The van der Waals surface area contributed by atoms with E-state index in [1.807, 2.05) is 6.92 Å². The molecule has 0 aliphatic carbocycles. The maximum Gasteiger partial charge on any atom is 0.271 e. The van der Waals surface area contributed by atoms with Crippen LogP contribution in [0.1, 0.15) is 22.8 Å². The van der Waals surface area contributed by atoms with Gasteiger partial charge in [-0.05, 0) is 43.3 Å². The van der Waals surface area contributed by atoms with Gasteiger partial charge in [0, 0.05) is 11.1 Å². The van der Waals surface area contributed by atoms with E-state index in [2.05, 4.69) is 10.5 Å². The molecule has 1 amide bonds. The molecule has 0 bridgehead atoms. The van der Waals surface area contributed by atoms with Crippen LogP contribution < -0.4 is 10.2 Å². The van der Waals surface area contributed by atoms with Crippen molar-refractivity contribution in [2.24, 2.45) is 5.10 Å². The first-order valence-electron chi connectivity index (χ1n) is 6.55. The first-order valence-corrected chi connectivity index (χ1v) is 6.55. The summed E-state index contributed by atoms with van der Waals surface area (Å²) < 4.78 is 5.30. The summed E-state index contributed by atoms with van der Waals surface area (Å²) in [6, 6.07) is 13.5. The lowest BCUT2D eigenvalue weighted by Crippen LogP contribution is -2.17. The zero-order valence-electron chi connectivity index (χ0n) is 11.6. The van der Waals surface area contributed by atoms with E-state index in [4.69, 9.17) is 4.74 Å². The molecule has 2 N–H and O–H groups in total. The van der Waals surface area contributed by atoms with Crippen molar-refractivity contribution in [1.29, 1.82) is 0 Å². The highest BCUT2D eigenvalue weighted by molar-refractivity contribution is 5.95. The van der Waals surface area contributed by atoms with Crippen LogP contribution in [0.2, 0.25) is 0 Å².